The largest absolute Gasteiger partial charge is 0.355 e. The summed E-state index contributed by atoms with van der Waals surface area (Å²) in [5.41, 5.74) is 0.789. The van der Waals surface area contributed by atoms with Crippen LogP contribution in [0.5, 0.6) is 0 Å². The molecule has 0 bridgehead atoms. The van der Waals surface area contributed by atoms with Gasteiger partial charge in [0.2, 0.25) is 5.91 Å². The van der Waals surface area contributed by atoms with Crippen LogP contribution in [0.25, 0.3) is 0 Å². The molecule has 0 atom stereocenters. The summed E-state index contributed by atoms with van der Waals surface area (Å²) in [5.74, 6) is 0.307. The lowest BCUT2D eigenvalue weighted by molar-refractivity contribution is -0.120. The molecule has 0 aliphatic heterocycles. The average molecular weight is 504 g/mol. The molecule has 2 rings (SSSR count). The third-order valence-electron chi connectivity index (χ3n) is 3.74. The van der Waals surface area contributed by atoms with Crippen LogP contribution in [0.1, 0.15) is 22.2 Å². The number of carbonyl (C=O) groups excluding carboxylic acids is 1. The second kappa shape index (κ2) is 12.7. The Hall–Kier alpha value is -1.68. The normalized spacial score (nSPS) is 10.9. The first kappa shape index (κ1) is 23.4. The van der Waals surface area contributed by atoms with Crippen molar-refractivity contribution in [1.82, 2.24) is 16.0 Å². The number of hydrogen-bond acceptors (Lipinski definition) is 3. The van der Waals surface area contributed by atoms with E-state index in [1.807, 2.05) is 0 Å². The highest BCUT2D eigenvalue weighted by Gasteiger charge is 2.04. The lowest BCUT2D eigenvalue weighted by Crippen LogP contribution is -2.41. The van der Waals surface area contributed by atoms with Crippen LogP contribution in [0, 0.1) is 5.82 Å². The number of nitrogens with zero attached hydrogens (tertiary/aromatic N) is 1. The van der Waals surface area contributed by atoms with Gasteiger partial charge >= 0.3 is 0 Å². The zero-order valence-electron chi connectivity index (χ0n) is 15.5. The molecule has 8 heteroatoms. The number of hydrogen-bond donors (Lipinski definition) is 3. The van der Waals surface area contributed by atoms with Gasteiger partial charge in [0, 0.05) is 29.9 Å². The van der Waals surface area contributed by atoms with Crippen LogP contribution in [0.3, 0.4) is 0 Å². The standard InChI is InChI=1S/C19H25FN4OS.HI/c1-3-16-8-9-17(26-16)13-24-19(21-2)23-11-10-22-18(25)12-14-4-6-15(20)7-5-14;/h4-9H,3,10-13H2,1-2H3,(H,22,25)(H2,21,23,24);1H. The minimum atomic E-state index is -0.300. The van der Waals surface area contributed by atoms with Gasteiger partial charge in [-0.25, -0.2) is 4.39 Å². The third-order valence-corrected chi connectivity index (χ3v) is 4.97. The van der Waals surface area contributed by atoms with Crippen LogP contribution in [0.2, 0.25) is 0 Å². The quantitative estimate of drug-likeness (QED) is 0.224. The van der Waals surface area contributed by atoms with E-state index < -0.39 is 0 Å². The molecule has 0 spiro atoms. The fourth-order valence-electron chi connectivity index (χ4n) is 2.33. The zero-order valence-corrected chi connectivity index (χ0v) is 18.7. The Balaban J connectivity index is 0.00000364. The van der Waals surface area contributed by atoms with Crippen LogP contribution in [0.4, 0.5) is 4.39 Å². The molecule has 0 unspecified atom stereocenters. The molecule has 0 fully saturated rings. The number of guanidine groups is 1. The molecule has 0 saturated carbocycles. The van der Waals surface area contributed by atoms with Gasteiger partial charge in [0.1, 0.15) is 5.82 Å². The van der Waals surface area contributed by atoms with E-state index in [1.54, 1.807) is 30.5 Å². The number of benzene rings is 1. The van der Waals surface area contributed by atoms with Crippen LogP contribution < -0.4 is 16.0 Å². The van der Waals surface area contributed by atoms with Crippen LogP contribution >= 0.6 is 35.3 Å². The molecule has 5 nitrogen and oxygen atoms in total. The number of thiophene rings is 1. The second-order valence-corrected chi connectivity index (χ2v) is 6.98. The van der Waals surface area contributed by atoms with Crippen molar-refractivity contribution in [3.63, 3.8) is 0 Å². The molecular formula is C19H26FIN4OS. The van der Waals surface area contributed by atoms with Gasteiger partial charge in [-0.3, -0.25) is 9.79 Å². The summed E-state index contributed by atoms with van der Waals surface area (Å²) in [4.78, 5) is 18.7. The zero-order chi connectivity index (χ0) is 18.8. The van der Waals surface area contributed by atoms with Crippen molar-refractivity contribution in [3.8, 4) is 0 Å². The Kier molecular flexibility index (Phi) is 11.0. The minimum Gasteiger partial charge on any atom is -0.355 e. The van der Waals surface area contributed by atoms with Crippen LogP contribution in [-0.2, 0) is 24.2 Å². The summed E-state index contributed by atoms with van der Waals surface area (Å²) < 4.78 is 12.8. The summed E-state index contributed by atoms with van der Waals surface area (Å²) >= 11 is 1.79. The molecule has 0 saturated heterocycles. The Morgan fingerprint density at radius 3 is 2.33 bits per heavy atom. The van der Waals surface area contributed by atoms with E-state index in [4.69, 9.17) is 0 Å². The molecule has 0 aliphatic carbocycles. The first-order valence-electron chi connectivity index (χ1n) is 8.64. The third kappa shape index (κ3) is 8.70. The van der Waals surface area contributed by atoms with Gasteiger partial charge in [0.25, 0.3) is 0 Å². The molecule has 1 heterocycles. The Morgan fingerprint density at radius 2 is 1.70 bits per heavy atom. The average Bonchev–Trinajstić information content (AvgIpc) is 3.11. The molecule has 27 heavy (non-hydrogen) atoms. The van der Waals surface area contributed by atoms with E-state index in [2.05, 4.69) is 40.0 Å². The predicted octanol–water partition coefficient (Wildman–Crippen LogP) is 3.09. The van der Waals surface area contributed by atoms with Crippen molar-refractivity contribution in [2.24, 2.45) is 4.99 Å². The highest BCUT2D eigenvalue weighted by Crippen LogP contribution is 2.16. The summed E-state index contributed by atoms with van der Waals surface area (Å²) in [6.45, 7) is 3.92. The molecule has 3 N–H and O–H groups in total. The van der Waals surface area contributed by atoms with Crippen molar-refractivity contribution >= 4 is 47.2 Å². The first-order valence-corrected chi connectivity index (χ1v) is 9.45. The molecular weight excluding hydrogens is 478 g/mol. The monoisotopic (exact) mass is 504 g/mol. The van der Waals surface area contributed by atoms with Crippen LogP contribution in [0.15, 0.2) is 41.4 Å². The Morgan fingerprint density at radius 1 is 1.04 bits per heavy atom. The molecule has 0 aliphatic rings. The van der Waals surface area contributed by atoms with Gasteiger partial charge in [0.05, 0.1) is 13.0 Å². The van der Waals surface area contributed by atoms with E-state index in [0.717, 1.165) is 18.5 Å². The summed E-state index contributed by atoms with van der Waals surface area (Å²) in [7, 11) is 1.72. The van der Waals surface area contributed by atoms with Gasteiger partial charge in [-0.15, -0.1) is 35.3 Å². The summed E-state index contributed by atoms with van der Waals surface area (Å²) in [6, 6.07) is 10.2. The number of aliphatic imine (C=N–C) groups is 1. The van der Waals surface area contributed by atoms with Gasteiger partial charge in [0.15, 0.2) is 5.96 Å². The molecule has 1 aromatic carbocycles. The molecule has 2 aromatic rings. The number of rotatable bonds is 8. The highest BCUT2D eigenvalue weighted by molar-refractivity contribution is 14.0. The van der Waals surface area contributed by atoms with Crippen LogP contribution in [-0.4, -0.2) is 32.0 Å². The van der Waals surface area contributed by atoms with Gasteiger partial charge in [-0.05, 0) is 36.2 Å². The van der Waals surface area contributed by atoms with Crippen molar-refractivity contribution in [1.29, 1.82) is 0 Å². The number of aryl methyl sites for hydroxylation is 1. The van der Waals surface area contributed by atoms with Crippen molar-refractivity contribution < 1.29 is 9.18 Å². The lowest BCUT2D eigenvalue weighted by Gasteiger charge is -2.12. The van der Waals surface area contributed by atoms with Crippen molar-refractivity contribution in [3.05, 3.63) is 57.5 Å². The molecule has 1 aromatic heterocycles. The number of nitrogens with one attached hydrogen (secondary N) is 3. The first-order chi connectivity index (χ1) is 12.6. The number of halogens is 2. The maximum absolute atomic E-state index is 12.8. The molecule has 0 radical (unpaired) electrons. The number of carbonyl (C=O) groups is 1. The molecule has 148 valence electrons. The van der Waals surface area contributed by atoms with Crippen molar-refractivity contribution in [2.75, 3.05) is 20.1 Å². The van der Waals surface area contributed by atoms with Gasteiger partial charge in [-0.2, -0.15) is 0 Å². The maximum atomic E-state index is 12.8. The number of amides is 1. The molecule has 1 amide bonds. The smallest absolute Gasteiger partial charge is 0.224 e. The predicted molar refractivity (Wildman–Crippen MR) is 120 cm³/mol. The SMILES string of the molecule is CCc1ccc(CNC(=NC)NCCNC(=O)Cc2ccc(F)cc2)s1.I. The summed E-state index contributed by atoms with van der Waals surface area (Å²) in [6.07, 6.45) is 1.29. The fourth-order valence-corrected chi connectivity index (χ4v) is 3.23. The summed E-state index contributed by atoms with van der Waals surface area (Å²) in [5, 5.41) is 9.26. The Bertz CT molecular complexity index is 734. The lowest BCUT2D eigenvalue weighted by atomic mass is 10.1. The Labute approximate surface area is 180 Å². The highest BCUT2D eigenvalue weighted by atomic mass is 127. The minimum absolute atomic E-state index is 0. The fraction of sp³-hybridized carbons (Fsp3) is 0.368. The second-order valence-electron chi connectivity index (χ2n) is 5.73. The van der Waals surface area contributed by atoms with E-state index in [1.165, 1.54) is 21.9 Å². The van der Waals surface area contributed by atoms with Gasteiger partial charge < -0.3 is 16.0 Å². The maximum Gasteiger partial charge on any atom is 0.224 e. The van der Waals surface area contributed by atoms with E-state index in [9.17, 15) is 9.18 Å². The van der Waals surface area contributed by atoms with E-state index >= 15 is 0 Å². The van der Waals surface area contributed by atoms with Gasteiger partial charge in [-0.1, -0.05) is 19.1 Å². The topological polar surface area (TPSA) is 65.5 Å². The van der Waals surface area contributed by atoms with Crippen molar-refractivity contribution in [2.45, 2.75) is 26.3 Å². The van der Waals surface area contributed by atoms with E-state index in [-0.39, 0.29) is 42.1 Å². The van der Waals surface area contributed by atoms with E-state index in [0.29, 0.717) is 19.0 Å².